The van der Waals surface area contributed by atoms with Crippen molar-refractivity contribution in [1.29, 1.82) is 0 Å². The van der Waals surface area contributed by atoms with Crippen LogP contribution in [0.5, 0.6) is 0 Å². The minimum atomic E-state index is -3.60. The molecule has 0 unspecified atom stereocenters. The van der Waals surface area contributed by atoms with E-state index in [1.807, 2.05) is 4.90 Å². The smallest absolute Gasteiger partial charge is 0.269 e. The maximum atomic E-state index is 12.7. The van der Waals surface area contributed by atoms with Gasteiger partial charge in [-0.3, -0.25) is 10.1 Å². The van der Waals surface area contributed by atoms with Crippen molar-refractivity contribution in [2.24, 2.45) is 7.05 Å². The Morgan fingerprint density at radius 1 is 1.12 bits per heavy atom. The minimum Gasteiger partial charge on any atom is -0.369 e. The molecular weight excluding hydrogens is 346 g/mol. The largest absolute Gasteiger partial charge is 0.369 e. The molecule has 134 valence electrons. The SMILES string of the molecule is Cc1nc(S(=O)(=O)N2CCN(c3ccc([N+](=O)[O-])cc3)CC2)cn1C. The van der Waals surface area contributed by atoms with Crippen LogP contribution in [-0.2, 0) is 17.1 Å². The summed E-state index contributed by atoms with van der Waals surface area (Å²) in [7, 11) is -1.84. The van der Waals surface area contributed by atoms with E-state index in [9.17, 15) is 18.5 Å². The number of piperazine rings is 1. The third-order valence-corrected chi connectivity index (χ3v) is 6.13. The number of sulfonamides is 1. The molecule has 2 heterocycles. The maximum Gasteiger partial charge on any atom is 0.269 e. The van der Waals surface area contributed by atoms with E-state index in [0.29, 0.717) is 32.0 Å². The molecule has 0 atom stereocenters. The second-order valence-corrected chi connectivity index (χ2v) is 7.79. The van der Waals surface area contributed by atoms with Crippen molar-refractivity contribution in [3.05, 3.63) is 46.4 Å². The molecule has 2 aromatic rings. The Bertz CT molecular complexity index is 864. The zero-order chi connectivity index (χ0) is 18.2. The zero-order valence-corrected chi connectivity index (χ0v) is 14.8. The number of aryl methyl sites for hydroxylation is 2. The summed E-state index contributed by atoms with van der Waals surface area (Å²) in [6.45, 7) is 3.47. The normalized spacial score (nSPS) is 16.2. The van der Waals surface area contributed by atoms with Crippen LogP contribution in [0, 0.1) is 17.0 Å². The number of nitrogens with zero attached hydrogens (tertiary/aromatic N) is 5. The lowest BCUT2D eigenvalue weighted by atomic mass is 10.2. The van der Waals surface area contributed by atoms with Crippen LogP contribution in [0.15, 0.2) is 35.5 Å². The molecule has 1 aliphatic heterocycles. The zero-order valence-electron chi connectivity index (χ0n) is 14.0. The molecule has 0 saturated carbocycles. The van der Waals surface area contributed by atoms with Crippen molar-refractivity contribution >= 4 is 21.4 Å². The Morgan fingerprint density at radius 2 is 1.72 bits per heavy atom. The Morgan fingerprint density at radius 3 is 2.20 bits per heavy atom. The molecule has 1 aromatic carbocycles. The molecule has 0 spiro atoms. The van der Waals surface area contributed by atoms with E-state index in [-0.39, 0.29) is 10.7 Å². The van der Waals surface area contributed by atoms with Crippen LogP contribution < -0.4 is 4.90 Å². The number of nitro benzene ring substituents is 1. The molecule has 0 amide bonds. The van der Waals surface area contributed by atoms with Crippen LogP contribution in [0.2, 0.25) is 0 Å². The number of nitro groups is 1. The van der Waals surface area contributed by atoms with Gasteiger partial charge in [-0.2, -0.15) is 4.31 Å². The van der Waals surface area contributed by atoms with E-state index in [1.165, 1.54) is 22.6 Å². The Kier molecular flexibility index (Phi) is 4.48. The first kappa shape index (κ1) is 17.4. The number of hydrogen-bond donors (Lipinski definition) is 0. The molecular formula is C15H19N5O4S. The third kappa shape index (κ3) is 3.35. The molecule has 0 bridgehead atoms. The van der Waals surface area contributed by atoms with E-state index in [1.54, 1.807) is 30.7 Å². The van der Waals surface area contributed by atoms with E-state index in [2.05, 4.69) is 4.98 Å². The summed E-state index contributed by atoms with van der Waals surface area (Å²) in [5.74, 6) is 0.642. The number of non-ortho nitro benzene ring substituents is 1. The molecule has 0 N–H and O–H groups in total. The van der Waals surface area contributed by atoms with E-state index >= 15 is 0 Å². The van der Waals surface area contributed by atoms with Gasteiger partial charge in [0.1, 0.15) is 5.82 Å². The average Bonchev–Trinajstić information content (AvgIpc) is 2.95. The highest BCUT2D eigenvalue weighted by molar-refractivity contribution is 7.89. The number of rotatable bonds is 4. The molecule has 1 saturated heterocycles. The second-order valence-electron chi connectivity index (χ2n) is 5.90. The molecule has 1 aliphatic rings. The van der Waals surface area contributed by atoms with Gasteiger partial charge in [-0.15, -0.1) is 0 Å². The molecule has 0 aliphatic carbocycles. The summed E-state index contributed by atoms with van der Waals surface area (Å²) in [6.07, 6.45) is 1.52. The predicted molar refractivity (Wildman–Crippen MR) is 92.0 cm³/mol. The highest BCUT2D eigenvalue weighted by Crippen LogP contribution is 2.23. The molecule has 10 heteroatoms. The Hall–Kier alpha value is -2.46. The lowest BCUT2D eigenvalue weighted by Crippen LogP contribution is -2.48. The van der Waals surface area contributed by atoms with Gasteiger partial charge in [0.15, 0.2) is 5.03 Å². The highest BCUT2D eigenvalue weighted by Gasteiger charge is 2.30. The summed E-state index contributed by atoms with van der Waals surface area (Å²) < 4.78 is 28.5. The van der Waals surface area contributed by atoms with Crippen LogP contribution in [0.3, 0.4) is 0 Å². The van der Waals surface area contributed by atoms with Crippen LogP contribution in [0.1, 0.15) is 5.82 Å². The lowest BCUT2D eigenvalue weighted by molar-refractivity contribution is -0.384. The van der Waals surface area contributed by atoms with E-state index in [0.717, 1.165) is 5.69 Å². The fourth-order valence-corrected chi connectivity index (χ4v) is 4.20. The first-order valence-corrected chi connectivity index (χ1v) is 9.22. The number of aromatic nitrogens is 2. The van der Waals surface area contributed by atoms with Crippen molar-refractivity contribution in [3.63, 3.8) is 0 Å². The van der Waals surface area contributed by atoms with Gasteiger partial charge in [0.25, 0.3) is 15.7 Å². The second kappa shape index (κ2) is 6.45. The van der Waals surface area contributed by atoms with Gasteiger partial charge in [-0.1, -0.05) is 0 Å². The maximum absolute atomic E-state index is 12.7. The highest BCUT2D eigenvalue weighted by atomic mass is 32.2. The first-order valence-electron chi connectivity index (χ1n) is 7.78. The number of hydrogen-bond acceptors (Lipinski definition) is 6. The summed E-state index contributed by atoms with van der Waals surface area (Å²) >= 11 is 0. The average molecular weight is 365 g/mol. The van der Waals surface area contributed by atoms with Gasteiger partial charge in [0, 0.05) is 57.2 Å². The molecule has 25 heavy (non-hydrogen) atoms. The summed E-state index contributed by atoms with van der Waals surface area (Å²) in [5.41, 5.74) is 0.881. The standard InChI is InChI=1S/C15H19N5O4S/c1-12-16-15(11-17(12)2)25(23,24)19-9-7-18(8-10-19)13-3-5-14(6-4-13)20(21)22/h3-6,11H,7-10H2,1-2H3. The monoisotopic (exact) mass is 365 g/mol. The molecule has 9 nitrogen and oxygen atoms in total. The third-order valence-electron chi connectivity index (χ3n) is 4.36. The predicted octanol–water partition coefficient (Wildman–Crippen LogP) is 1.15. The number of anilines is 1. The number of benzene rings is 1. The fourth-order valence-electron chi connectivity index (χ4n) is 2.75. The number of imidazole rings is 1. The van der Waals surface area contributed by atoms with Crippen LogP contribution >= 0.6 is 0 Å². The van der Waals surface area contributed by atoms with Crippen molar-refractivity contribution in [1.82, 2.24) is 13.9 Å². The van der Waals surface area contributed by atoms with Gasteiger partial charge in [0.2, 0.25) is 0 Å². The quantitative estimate of drug-likeness (QED) is 0.595. The van der Waals surface area contributed by atoms with E-state index in [4.69, 9.17) is 0 Å². The summed E-state index contributed by atoms with van der Waals surface area (Å²) in [6, 6.07) is 6.28. The van der Waals surface area contributed by atoms with Crippen LogP contribution in [0.4, 0.5) is 11.4 Å². The topological polar surface area (TPSA) is 102 Å². The van der Waals surface area contributed by atoms with Gasteiger partial charge in [-0.25, -0.2) is 13.4 Å². The first-order chi connectivity index (χ1) is 11.8. The van der Waals surface area contributed by atoms with Crippen molar-refractivity contribution in [2.75, 3.05) is 31.1 Å². The van der Waals surface area contributed by atoms with Crippen molar-refractivity contribution < 1.29 is 13.3 Å². The molecule has 3 rings (SSSR count). The molecule has 1 fully saturated rings. The Balaban J connectivity index is 1.70. The van der Waals surface area contributed by atoms with E-state index < -0.39 is 14.9 Å². The molecule has 1 aromatic heterocycles. The fraction of sp³-hybridized carbons (Fsp3) is 0.400. The van der Waals surface area contributed by atoms with Gasteiger partial charge < -0.3 is 9.47 Å². The summed E-state index contributed by atoms with van der Waals surface area (Å²) in [4.78, 5) is 16.4. The van der Waals surface area contributed by atoms with Crippen LogP contribution in [-0.4, -0.2) is 53.4 Å². The van der Waals surface area contributed by atoms with Gasteiger partial charge in [-0.05, 0) is 19.1 Å². The van der Waals surface area contributed by atoms with Gasteiger partial charge in [0.05, 0.1) is 4.92 Å². The summed E-state index contributed by atoms with van der Waals surface area (Å²) in [5, 5.41) is 10.8. The van der Waals surface area contributed by atoms with Crippen molar-refractivity contribution in [3.8, 4) is 0 Å². The molecule has 0 radical (unpaired) electrons. The van der Waals surface area contributed by atoms with Crippen molar-refractivity contribution in [2.45, 2.75) is 11.9 Å². The van der Waals surface area contributed by atoms with Gasteiger partial charge >= 0.3 is 0 Å². The Labute approximate surface area is 145 Å². The van der Waals surface area contributed by atoms with Crippen LogP contribution in [0.25, 0.3) is 0 Å². The minimum absolute atomic E-state index is 0.0375. The lowest BCUT2D eigenvalue weighted by Gasteiger charge is -2.34.